The van der Waals surface area contributed by atoms with Gasteiger partial charge in [-0.1, -0.05) is 30.9 Å². The summed E-state index contributed by atoms with van der Waals surface area (Å²) < 4.78 is 4.89. The second kappa shape index (κ2) is 8.91. The lowest BCUT2D eigenvalue weighted by molar-refractivity contribution is -0.139. The predicted molar refractivity (Wildman–Crippen MR) is 76.5 cm³/mol. The first-order valence-corrected chi connectivity index (χ1v) is 6.00. The Morgan fingerprint density at radius 3 is 2.37 bits per heavy atom. The van der Waals surface area contributed by atoms with Crippen LogP contribution in [0.25, 0.3) is 0 Å². The van der Waals surface area contributed by atoms with Crippen molar-refractivity contribution in [2.75, 3.05) is 20.7 Å². The molecule has 0 saturated heterocycles. The summed E-state index contributed by atoms with van der Waals surface area (Å²) in [6.07, 6.45) is 8.10. The zero-order valence-electron chi connectivity index (χ0n) is 12.0. The molecule has 4 nitrogen and oxygen atoms in total. The van der Waals surface area contributed by atoms with Crippen molar-refractivity contribution in [3.63, 3.8) is 0 Å². The molecule has 0 N–H and O–H groups in total. The first-order chi connectivity index (χ1) is 8.93. The highest BCUT2D eigenvalue weighted by Gasteiger charge is 2.20. The van der Waals surface area contributed by atoms with Gasteiger partial charge in [-0.2, -0.15) is 0 Å². The molecule has 0 bridgehead atoms. The molecule has 0 saturated carbocycles. The predicted octanol–water partition coefficient (Wildman–Crippen LogP) is 2.25. The van der Waals surface area contributed by atoms with E-state index in [2.05, 4.69) is 6.58 Å². The van der Waals surface area contributed by atoms with Crippen molar-refractivity contribution in [3.05, 3.63) is 48.2 Å². The highest BCUT2D eigenvalue weighted by molar-refractivity contribution is 6.23. The third-order valence-electron chi connectivity index (χ3n) is 2.08. The number of hydrogen-bond acceptors (Lipinski definition) is 4. The Morgan fingerprint density at radius 1 is 1.26 bits per heavy atom. The lowest BCUT2D eigenvalue weighted by Gasteiger charge is -2.10. The summed E-state index contributed by atoms with van der Waals surface area (Å²) in [4.78, 5) is 25.6. The first kappa shape index (κ1) is 16.9. The van der Waals surface area contributed by atoms with Gasteiger partial charge in [-0.15, -0.1) is 0 Å². The van der Waals surface area contributed by atoms with Crippen molar-refractivity contribution < 1.29 is 14.3 Å². The summed E-state index contributed by atoms with van der Waals surface area (Å²) in [6.45, 7) is 7.12. The number of esters is 1. The summed E-state index contributed by atoms with van der Waals surface area (Å²) in [7, 11) is 3.48. The minimum absolute atomic E-state index is 0.0209. The molecule has 4 heteroatoms. The molecule has 0 aromatic carbocycles. The van der Waals surface area contributed by atoms with Crippen LogP contribution in [0, 0.1) is 0 Å². The van der Waals surface area contributed by atoms with Crippen LogP contribution in [0.1, 0.15) is 13.8 Å². The molecule has 0 radical (unpaired) electrons. The van der Waals surface area contributed by atoms with Crippen molar-refractivity contribution in [1.29, 1.82) is 0 Å². The zero-order valence-corrected chi connectivity index (χ0v) is 12.0. The van der Waals surface area contributed by atoms with Gasteiger partial charge in [0, 0.05) is 20.3 Å². The number of hydrogen-bond donors (Lipinski definition) is 0. The maximum absolute atomic E-state index is 12.2. The number of Topliss-reactive ketones (excluding diaryl/α,β-unsaturated/α-hetero) is 1. The van der Waals surface area contributed by atoms with Crippen LogP contribution in [0.15, 0.2) is 48.2 Å². The molecule has 104 valence electrons. The van der Waals surface area contributed by atoms with Gasteiger partial charge in [0.1, 0.15) is 5.57 Å². The molecule has 0 spiro atoms. The largest absolute Gasteiger partial charge is 0.462 e. The number of ether oxygens (including phenoxy) is 1. The number of ketones is 1. The van der Waals surface area contributed by atoms with E-state index in [9.17, 15) is 9.59 Å². The van der Waals surface area contributed by atoms with Crippen molar-refractivity contribution >= 4 is 11.8 Å². The van der Waals surface area contributed by atoms with E-state index in [1.165, 1.54) is 6.20 Å². The van der Waals surface area contributed by atoms with Crippen LogP contribution in [0.5, 0.6) is 0 Å². The van der Waals surface area contributed by atoms with Crippen molar-refractivity contribution in [3.8, 4) is 0 Å². The fourth-order valence-electron chi connectivity index (χ4n) is 1.24. The Balaban J connectivity index is 5.23. The van der Waals surface area contributed by atoms with E-state index in [0.717, 1.165) is 0 Å². The molecule has 0 aromatic heterocycles. The van der Waals surface area contributed by atoms with E-state index >= 15 is 0 Å². The average Bonchev–Trinajstić information content (AvgIpc) is 2.35. The summed E-state index contributed by atoms with van der Waals surface area (Å²) in [5, 5.41) is 0. The molecule has 0 aliphatic carbocycles. The molecule has 0 aliphatic rings. The van der Waals surface area contributed by atoms with Crippen LogP contribution in [0.3, 0.4) is 0 Å². The second-order valence-corrected chi connectivity index (χ2v) is 4.03. The van der Waals surface area contributed by atoms with Gasteiger partial charge >= 0.3 is 5.97 Å². The smallest absolute Gasteiger partial charge is 0.343 e. The molecule has 0 atom stereocenters. The number of allylic oxidation sites excluding steroid dienone is 5. The van der Waals surface area contributed by atoms with Crippen LogP contribution in [-0.2, 0) is 14.3 Å². The number of rotatable bonds is 7. The minimum atomic E-state index is -0.610. The standard InChI is InChI=1S/C15H21NO3/c1-6-8-9-10-12(3)14(17)13(11-16(4)5)15(18)19-7-2/h6,8-11H,1,7H2,2-5H3/b9-8-,12-10+,13-11-. The average molecular weight is 263 g/mol. The van der Waals surface area contributed by atoms with E-state index in [4.69, 9.17) is 4.74 Å². The van der Waals surface area contributed by atoms with Gasteiger partial charge in [0.15, 0.2) is 5.78 Å². The summed E-state index contributed by atoms with van der Waals surface area (Å²) in [5.74, 6) is -0.956. The lowest BCUT2D eigenvalue weighted by Crippen LogP contribution is -2.19. The van der Waals surface area contributed by atoms with E-state index < -0.39 is 5.97 Å². The van der Waals surface area contributed by atoms with Crippen LogP contribution in [-0.4, -0.2) is 37.4 Å². The number of carbonyl (C=O) groups excluding carboxylic acids is 2. The topological polar surface area (TPSA) is 46.6 Å². The zero-order chi connectivity index (χ0) is 14.8. The van der Waals surface area contributed by atoms with Crippen LogP contribution in [0.2, 0.25) is 0 Å². The normalized spacial score (nSPS) is 12.4. The molecular weight excluding hydrogens is 242 g/mol. The second-order valence-electron chi connectivity index (χ2n) is 4.03. The van der Waals surface area contributed by atoms with E-state index in [-0.39, 0.29) is 18.0 Å². The van der Waals surface area contributed by atoms with Crippen LogP contribution < -0.4 is 0 Å². The minimum Gasteiger partial charge on any atom is -0.462 e. The molecular formula is C15H21NO3. The molecule has 0 rings (SSSR count). The van der Waals surface area contributed by atoms with E-state index in [1.807, 2.05) is 0 Å². The lowest BCUT2D eigenvalue weighted by atomic mass is 10.1. The molecule has 0 heterocycles. The Hall–Kier alpha value is -2.10. The van der Waals surface area contributed by atoms with Gasteiger partial charge in [0.25, 0.3) is 0 Å². The molecule has 0 amide bonds. The molecule has 0 aromatic rings. The Morgan fingerprint density at radius 2 is 1.89 bits per heavy atom. The number of nitrogens with zero attached hydrogens (tertiary/aromatic N) is 1. The van der Waals surface area contributed by atoms with Crippen molar-refractivity contribution in [2.45, 2.75) is 13.8 Å². The monoisotopic (exact) mass is 263 g/mol. The number of carbonyl (C=O) groups is 2. The molecule has 0 unspecified atom stereocenters. The molecule has 19 heavy (non-hydrogen) atoms. The fraction of sp³-hybridized carbons (Fsp3) is 0.333. The fourth-order valence-corrected chi connectivity index (χ4v) is 1.24. The van der Waals surface area contributed by atoms with Crippen LogP contribution in [0.4, 0.5) is 0 Å². The SMILES string of the molecule is C=C/C=C\C=C(/C)C(=O)/C(=C/N(C)C)C(=O)OCC. The van der Waals surface area contributed by atoms with Gasteiger partial charge in [-0.05, 0) is 19.4 Å². The Bertz CT molecular complexity index is 429. The summed E-state index contributed by atoms with van der Waals surface area (Å²) in [5.41, 5.74) is 0.479. The highest BCUT2D eigenvalue weighted by atomic mass is 16.5. The van der Waals surface area contributed by atoms with Crippen LogP contribution >= 0.6 is 0 Å². The van der Waals surface area contributed by atoms with E-state index in [1.54, 1.807) is 57.1 Å². The molecule has 0 fully saturated rings. The third-order valence-corrected chi connectivity index (χ3v) is 2.08. The Labute approximate surface area is 114 Å². The van der Waals surface area contributed by atoms with Gasteiger partial charge in [0.05, 0.1) is 6.61 Å². The highest BCUT2D eigenvalue weighted by Crippen LogP contribution is 2.09. The van der Waals surface area contributed by atoms with Gasteiger partial charge < -0.3 is 9.64 Å². The van der Waals surface area contributed by atoms with Crippen molar-refractivity contribution in [1.82, 2.24) is 4.90 Å². The summed E-state index contributed by atoms with van der Waals surface area (Å²) >= 11 is 0. The van der Waals surface area contributed by atoms with Gasteiger partial charge in [0.2, 0.25) is 0 Å². The Kier molecular flexibility index (Phi) is 7.93. The molecule has 0 aliphatic heterocycles. The van der Waals surface area contributed by atoms with Crippen molar-refractivity contribution in [2.24, 2.45) is 0 Å². The quantitative estimate of drug-likeness (QED) is 0.232. The first-order valence-electron chi connectivity index (χ1n) is 6.00. The summed E-state index contributed by atoms with van der Waals surface area (Å²) in [6, 6.07) is 0. The maximum atomic E-state index is 12.2. The van der Waals surface area contributed by atoms with E-state index in [0.29, 0.717) is 5.57 Å². The maximum Gasteiger partial charge on any atom is 0.343 e. The van der Waals surface area contributed by atoms with Gasteiger partial charge in [-0.3, -0.25) is 4.79 Å². The van der Waals surface area contributed by atoms with Gasteiger partial charge in [-0.25, -0.2) is 4.79 Å². The third kappa shape index (κ3) is 6.41.